The second-order valence-corrected chi connectivity index (χ2v) is 4.96. The molecule has 0 fully saturated rings. The maximum atomic E-state index is 4.38. The molecule has 0 atom stereocenters. The van der Waals surface area contributed by atoms with Gasteiger partial charge in [0.25, 0.3) is 0 Å². The summed E-state index contributed by atoms with van der Waals surface area (Å²) in [6.07, 6.45) is 2.98. The van der Waals surface area contributed by atoms with Crippen molar-refractivity contribution < 1.29 is 0 Å². The Morgan fingerprint density at radius 1 is 1.26 bits per heavy atom. The molecule has 0 amide bonds. The van der Waals surface area contributed by atoms with Gasteiger partial charge in [0, 0.05) is 18.5 Å². The predicted octanol–water partition coefficient (Wildman–Crippen LogP) is 2.07. The lowest BCUT2D eigenvalue weighted by atomic mass is 10.3. The van der Waals surface area contributed by atoms with Crippen molar-refractivity contribution in [2.75, 3.05) is 6.54 Å². The van der Waals surface area contributed by atoms with Crippen LogP contribution in [0.3, 0.4) is 0 Å². The molecule has 5 nitrogen and oxygen atoms in total. The van der Waals surface area contributed by atoms with Crippen molar-refractivity contribution in [2.24, 2.45) is 0 Å². The van der Waals surface area contributed by atoms with E-state index in [2.05, 4.69) is 30.5 Å². The van der Waals surface area contributed by atoms with E-state index in [1.54, 1.807) is 0 Å². The summed E-state index contributed by atoms with van der Waals surface area (Å²) < 4.78 is 6.03. The van der Waals surface area contributed by atoms with E-state index in [4.69, 9.17) is 0 Å². The minimum Gasteiger partial charge on any atom is -0.331 e. The highest BCUT2D eigenvalue weighted by atomic mass is 32.1. The molecule has 6 heteroatoms. The van der Waals surface area contributed by atoms with Crippen LogP contribution in [0.4, 0.5) is 0 Å². The lowest BCUT2D eigenvalue weighted by Crippen LogP contribution is -2.16. The fourth-order valence-corrected chi connectivity index (χ4v) is 2.49. The van der Waals surface area contributed by atoms with Crippen LogP contribution in [0, 0.1) is 0 Å². The Bertz CT molecular complexity index is 631. The first-order valence-corrected chi connectivity index (χ1v) is 7.13. The monoisotopic (exact) mass is 273 g/mol. The quantitative estimate of drug-likeness (QED) is 0.699. The van der Waals surface area contributed by atoms with Gasteiger partial charge in [-0.05, 0) is 36.6 Å². The van der Waals surface area contributed by atoms with Crippen LogP contribution >= 0.6 is 11.5 Å². The number of aromatic nitrogens is 4. The summed E-state index contributed by atoms with van der Waals surface area (Å²) >= 11 is 1.39. The van der Waals surface area contributed by atoms with E-state index in [0.717, 1.165) is 37.3 Å². The van der Waals surface area contributed by atoms with E-state index in [1.165, 1.54) is 17.0 Å². The zero-order chi connectivity index (χ0) is 12.9. The summed E-state index contributed by atoms with van der Waals surface area (Å²) in [6, 6.07) is 8.22. The van der Waals surface area contributed by atoms with Crippen molar-refractivity contribution in [1.82, 2.24) is 24.5 Å². The zero-order valence-electron chi connectivity index (χ0n) is 10.5. The Balaban J connectivity index is 1.47. The number of aryl methyl sites for hydroxylation is 1. The Labute approximate surface area is 115 Å². The van der Waals surface area contributed by atoms with Gasteiger partial charge in [-0.15, -0.1) is 5.10 Å². The largest absolute Gasteiger partial charge is 0.331 e. The first kappa shape index (κ1) is 12.3. The number of hydrogen-bond acceptors (Lipinski definition) is 5. The van der Waals surface area contributed by atoms with Gasteiger partial charge < -0.3 is 9.88 Å². The van der Waals surface area contributed by atoms with Crippen molar-refractivity contribution in [3.8, 4) is 0 Å². The Morgan fingerprint density at radius 3 is 3.11 bits per heavy atom. The van der Waals surface area contributed by atoms with Gasteiger partial charge in [0.15, 0.2) is 0 Å². The second-order valence-electron chi connectivity index (χ2n) is 4.35. The summed E-state index contributed by atoms with van der Waals surface area (Å²) in [5, 5.41) is 9.33. The molecule has 1 aromatic carbocycles. The summed E-state index contributed by atoms with van der Waals surface area (Å²) in [7, 11) is 0. The standard InChI is InChI=1S/C13H15N5S/c1-2-5-13-12(4-1)15-10-18(13)7-3-6-14-8-11-9-19-17-16-11/h1-2,4-5,9-10,14H,3,6-8H2. The van der Waals surface area contributed by atoms with E-state index in [-0.39, 0.29) is 0 Å². The first-order chi connectivity index (χ1) is 9.43. The van der Waals surface area contributed by atoms with E-state index >= 15 is 0 Å². The van der Waals surface area contributed by atoms with Crippen molar-refractivity contribution in [3.63, 3.8) is 0 Å². The third-order valence-electron chi connectivity index (χ3n) is 2.99. The van der Waals surface area contributed by atoms with Gasteiger partial charge in [0.05, 0.1) is 23.1 Å². The van der Waals surface area contributed by atoms with Gasteiger partial charge in [0.1, 0.15) is 0 Å². The molecular weight excluding hydrogens is 258 g/mol. The fourth-order valence-electron chi connectivity index (χ4n) is 2.04. The minimum atomic E-state index is 0.793. The lowest BCUT2D eigenvalue weighted by molar-refractivity contribution is 0.584. The van der Waals surface area contributed by atoms with E-state index in [1.807, 2.05) is 29.9 Å². The smallest absolute Gasteiger partial charge is 0.0958 e. The number of para-hydroxylation sites is 2. The average Bonchev–Trinajstić information content (AvgIpc) is 3.08. The van der Waals surface area contributed by atoms with Crippen LogP contribution in [0.15, 0.2) is 36.0 Å². The van der Waals surface area contributed by atoms with Gasteiger partial charge in [-0.1, -0.05) is 16.6 Å². The normalized spacial score (nSPS) is 11.2. The Morgan fingerprint density at radius 2 is 2.21 bits per heavy atom. The molecule has 2 heterocycles. The Hall–Kier alpha value is -1.79. The third kappa shape index (κ3) is 2.97. The fraction of sp³-hybridized carbons (Fsp3) is 0.308. The van der Waals surface area contributed by atoms with Crippen LogP contribution in [-0.4, -0.2) is 25.7 Å². The molecule has 0 aliphatic rings. The molecule has 98 valence electrons. The number of rotatable bonds is 6. The average molecular weight is 273 g/mol. The molecule has 1 N–H and O–H groups in total. The summed E-state index contributed by atoms with van der Waals surface area (Å²) in [5.74, 6) is 0. The van der Waals surface area contributed by atoms with Crippen LogP contribution < -0.4 is 5.32 Å². The van der Waals surface area contributed by atoms with Crippen molar-refractivity contribution in [2.45, 2.75) is 19.5 Å². The number of imidazole rings is 1. The molecular formula is C13H15N5S. The van der Waals surface area contributed by atoms with Gasteiger partial charge in [-0.3, -0.25) is 0 Å². The van der Waals surface area contributed by atoms with Crippen LogP contribution in [0.2, 0.25) is 0 Å². The second kappa shape index (κ2) is 5.90. The van der Waals surface area contributed by atoms with Crippen molar-refractivity contribution in [1.29, 1.82) is 0 Å². The van der Waals surface area contributed by atoms with E-state index in [0.29, 0.717) is 0 Å². The maximum Gasteiger partial charge on any atom is 0.0958 e. The molecule has 0 spiro atoms. The van der Waals surface area contributed by atoms with Crippen LogP contribution in [0.25, 0.3) is 11.0 Å². The number of nitrogens with one attached hydrogen (secondary N) is 1. The Kier molecular flexibility index (Phi) is 3.81. The molecule has 2 aromatic heterocycles. The zero-order valence-corrected chi connectivity index (χ0v) is 11.3. The topological polar surface area (TPSA) is 55.6 Å². The summed E-state index contributed by atoms with van der Waals surface area (Å²) in [4.78, 5) is 4.38. The molecule has 0 saturated heterocycles. The predicted molar refractivity (Wildman–Crippen MR) is 76.0 cm³/mol. The molecule has 3 rings (SSSR count). The molecule has 0 aliphatic heterocycles. The summed E-state index contributed by atoms with van der Waals surface area (Å²) in [5.41, 5.74) is 3.27. The molecule has 19 heavy (non-hydrogen) atoms. The first-order valence-electron chi connectivity index (χ1n) is 6.30. The SMILES string of the molecule is c1ccc2c(c1)ncn2CCCNCc1csnn1. The van der Waals surface area contributed by atoms with E-state index < -0.39 is 0 Å². The van der Waals surface area contributed by atoms with Crippen molar-refractivity contribution >= 4 is 22.6 Å². The molecule has 0 radical (unpaired) electrons. The summed E-state index contributed by atoms with van der Waals surface area (Å²) in [6.45, 7) is 2.73. The number of hydrogen-bond donors (Lipinski definition) is 1. The highest BCUT2D eigenvalue weighted by molar-refractivity contribution is 7.03. The molecule has 0 bridgehead atoms. The van der Waals surface area contributed by atoms with Gasteiger partial charge in [-0.2, -0.15) is 0 Å². The van der Waals surface area contributed by atoms with Gasteiger partial charge in [-0.25, -0.2) is 4.98 Å². The lowest BCUT2D eigenvalue weighted by Gasteiger charge is -2.05. The number of benzene rings is 1. The number of fused-ring (bicyclic) bond motifs is 1. The van der Waals surface area contributed by atoms with Gasteiger partial charge >= 0.3 is 0 Å². The molecule has 0 unspecified atom stereocenters. The molecule has 0 saturated carbocycles. The van der Waals surface area contributed by atoms with Crippen LogP contribution in [0.1, 0.15) is 12.1 Å². The third-order valence-corrected chi connectivity index (χ3v) is 3.54. The maximum absolute atomic E-state index is 4.38. The molecule has 3 aromatic rings. The van der Waals surface area contributed by atoms with Crippen molar-refractivity contribution in [3.05, 3.63) is 41.7 Å². The van der Waals surface area contributed by atoms with Gasteiger partial charge in [0.2, 0.25) is 0 Å². The minimum absolute atomic E-state index is 0.793. The number of nitrogens with zero attached hydrogens (tertiary/aromatic N) is 4. The van der Waals surface area contributed by atoms with E-state index in [9.17, 15) is 0 Å². The van der Waals surface area contributed by atoms with Crippen LogP contribution in [0.5, 0.6) is 0 Å². The molecule has 0 aliphatic carbocycles. The highest BCUT2D eigenvalue weighted by Gasteiger charge is 2.00. The highest BCUT2D eigenvalue weighted by Crippen LogP contribution is 2.11. The van der Waals surface area contributed by atoms with Crippen LogP contribution in [-0.2, 0) is 13.1 Å².